The van der Waals surface area contributed by atoms with E-state index in [0.29, 0.717) is 0 Å². The number of nitrogens with one attached hydrogen (secondary N) is 1. The molecule has 3 heteroatoms. The minimum absolute atomic E-state index is 0.134. The molecule has 1 N–H and O–H groups in total. The van der Waals surface area contributed by atoms with E-state index in [1.165, 1.54) is 49.4 Å². The fourth-order valence-electron chi connectivity index (χ4n) is 4.04. The van der Waals surface area contributed by atoms with Crippen LogP contribution in [-0.2, 0) is 24.9 Å². The molecule has 1 aliphatic carbocycles. The number of hydrogen-bond donors (Lipinski definition) is 1. The molecule has 2 atom stereocenters. The second-order valence-corrected chi connectivity index (χ2v) is 8.14. The third kappa shape index (κ3) is 3.03. The minimum Gasteiger partial charge on any atom is -0.331 e. The predicted molar refractivity (Wildman–Crippen MR) is 87.5 cm³/mol. The number of fused-ring (bicyclic) bond motifs is 1. The molecule has 2 unspecified atom stereocenters. The average molecular weight is 289 g/mol. The van der Waals surface area contributed by atoms with Gasteiger partial charge in [0, 0.05) is 37.2 Å². The van der Waals surface area contributed by atoms with Gasteiger partial charge in [-0.3, -0.25) is 0 Å². The Morgan fingerprint density at radius 2 is 2.00 bits per heavy atom. The molecule has 0 radical (unpaired) electrons. The summed E-state index contributed by atoms with van der Waals surface area (Å²) in [6.07, 6.45) is 6.79. The van der Waals surface area contributed by atoms with E-state index in [0.717, 1.165) is 31.3 Å². The zero-order valence-corrected chi connectivity index (χ0v) is 14.2. The van der Waals surface area contributed by atoms with E-state index >= 15 is 0 Å². The quantitative estimate of drug-likeness (QED) is 0.900. The molecule has 1 aliphatic heterocycles. The number of nitrogens with zero attached hydrogens (tertiary/aromatic N) is 2. The Bertz CT molecular complexity index is 495. The number of rotatable bonds is 2. The monoisotopic (exact) mass is 289 g/mol. The lowest BCUT2D eigenvalue weighted by atomic mass is 9.80. The summed E-state index contributed by atoms with van der Waals surface area (Å²) < 4.78 is 2.60. The topological polar surface area (TPSA) is 29.9 Å². The van der Waals surface area contributed by atoms with Gasteiger partial charge < -0.3 is 9.88 Å². The molecule has 1 fully saturated rings. The van der Waals surface area contributed by atoms with Crippen LogP contribution in [0.15, 0.2) is 0 Å². The summed E-state index contributed by atoms with van der Waals surface area (Å²) in [6.45, 7) is 12.6. The highest BCUT2D eigenvalue weighted by atomic mass is 15.1. The fourth-order valence-corrected chi connectivity index (χ4v) is 4.04. The Labute approximate surface area is 129 Å². The highest BCUT2D eigenvalue weighted by Crippen LogP contribution is 2.34. The van der Waals surface area contributed by atoms with Crippen LogP contribution in [0.25, 0.3) is 0 Å². The van der Waals surface area contributed by atoms with Gasteiger partial charge >= 0.3 is 0 Å². The van der Waals surface area contributed by atoms with Gasteiger partial charge in [-0.25, -0.2) is 4.98 Å². The molecule has 3 rings (SSSR count). The van der Waals surface area contributed by atoms with Crippen molar-refractivity contribution in [2.45, 2.75) is 78.3 Å². The molecule has 0 aromatic carbocycles. The molecule has 0 amide bonds. The van der Waals surface area contributed by atoms with Gasteiger partial charge in [0.25, 0.3) is 0 Å². The molecule has 0 saturated heterocycles. The van der Waals surface area contributed by atoms with Gasteiger partial charge in [0.15, 0.2) is 0 Å². The van der Waals surface area contributed by atoms with Crippen LogP contribution < -0.4 is 5.32 Å². The second-order valence-electron chi connectivity index (χ2n) is 8.14. The Balaban J connectivity index is 1.93. The maximum absolute atomic E-state index is 5.01. The van der Waals surface area contributed by atoms with Crippen molar-refractivity contribution in [3.8, 4) is 0 Å². The van der Waals surface area contributed by atoms with E-state index in [1.807, 2.05) is 0 Å². The van der Waals surface area contributed by atoms with Gasteiger partial charge in [-0.05, 0) is 18.3 Å². The third-order valence-corrected chi connectivity index (χ3v) is 5.36. The molecule has 0 bridgehead atoms. The molecule has 1 aromatic heterocycles. The standard InChI is InChI=1S/C18H31N3/c1-13-7-5-6-8-14(13)12-21-16-9-10-19-11-15(16)20-17(21)18(2,3)4/h13-14,19H,5-12H2,1-4H3. The first-order valence-corrected chi connectivity index (χ1v) is 8.76. The molecule has 3 nitrogen and oxygen atoms in total. The summed E-state index contributed by atoms with van der Waals surface area (Å²) in [5, 5.41) is 3.47. The Morgan fingerprint density at radius 3 is 2.71 bits per heavy atom. The molecule has 1 aromatic rings. The Hall–Kier alpha value is -0.830. The van der Waals surface area contributed by atoms with E-state index < -0.39 is 0 Å². The largest absolute Gasteiger partial charge is 0.331 e. The van der Waals surface area contributed by atoms with E-state index in [9.17, 15) is 0 Å². The van der Waals surface area contributed by atoms with Crippen molar-refractivity contribution in [1.29, 1.82) is 0 Å². The Kier molecular flexibility index (Phi) is 4.13. The van der Waals surface area contributed by atoms with Crippen LogP contribution in [0.1, 0.15) is 70.6 Å². The highest BCUT2D eigenvalue weighted by Gasteiger charge is 2.30. The highest BCUT2D eigenvalue weighted by molar-refractivity contribution is 5.23. The van der Waals surface area contributed by atoms with Crippen molar-refractivity contribution in [3.63, 3.8) is 0 Å². The number of aromatic nitrogens is 2. The van der Waals surface area contributed by atoms with Gasteiger partial charge in [0.2, 0.25) is 0 Å². The van der Waals surface area contributed by atoms with Crippen LogP contribution in [0.5, 0.6) is 0 Å². The number of imidazole rings is 1. The first kappa shape index (κ1) is 15.1. The van der Waals surface area contributed by atoms with Crippen LogP contribution in [0.3, 0.4) is 0 Å². The van der Waals surface area contributed by atoms with Crippen molar-refractivity contribution in [1.82, 2.24) is 14.9 Å². The zero-order chi connectivity index (χ0) is 15.0. The number of hydrogen-bond acceptors (Lipinski definition) is 2. The van der Waals surface area contributed by atoms with Crippen LogP contribution in [-0.4, -0.2) is 16.1 Å². The van der Waals surface area contributed by atoms with Crippen LogP contribution in [0.4, 0.5) is 0 Å². The van der Waals surface area contributed by atoms with Crippen LogP contribution in [0.2, 0.25) is 0 Å². The van der Waals surface area contributed by atoms with Crippen LogP contribution >= 0.6 is 0 Å². The molecule has 0 spiro atoms. The maximum atomic E-state index is 5.01. The molecule has 1 saturated carbocycles. The molecule has 2 aliphatic rings. The van der Waals surface area contributed by atoms with E-state index in [4.69, 9.17) is 4.98 Å². The van der Waals surface area contributed by atoms with Gasteiger partial charge in [-0.2, -0.15) is 0 Å². The molecular weight excluding hydrogens is 258 g/mol. The molecule has 2 heterocycles. The fraction of sp³-hybridized carbons (Fsp3) is 0.833. The molecule has 21 heavy (non-hydrogen) atoms. The summed E-state index contributed by atoms with van der Waals surface area (Å²) in [7, 11) is 0. The summed E-state index contributed by atoms with van der Waals surface area (Å²) in [4.78, 5) is 5.01. The first-order chi connectivity index (χ1) is 9.97. The summed E-state index contributed by atoms with van der Waals surface area (Å²) >= 11 is 0. The van der Waals surface area contributed by atoms with E-state index in [1.54, 1.807) is 0 Å². The second kappa shape index (κ2) is 5.75. The van der Waals surface area contributed by atoms with Crippen molar-refractivity contribution in [2.75, 3.05) is 6.54 Å². The Morgan fingerprint density at radius 1 is 1.24 bits per heavy atom. The minimum atomic E-state index is 0.134. The van der Waals surface area contributed by atoms with Gasteiger partial charge in [-0.1, -0.05) is 47.0 Å². The van der Waals surface area contributed by atoms with Crippen molar-refractivity contribution in [3.05, 3.63) is 17.2 Å². The van der Waals surface area contributed by atoms with E-state index in [-0.39, 0.29) is 5.41 Å². The lowest BCUT2D eigenvalue weighted by molar-refractivity contribution is 0.222. The molecule has 118 valence electrons. The average Bonchev–Trinajstić information content (AvgIpc) is 2.80. The SMILES string of the molecule is CC1CCCCC1Cn1c(C(C)(C)C)nc2c1CCNC2. The van der Waals surface area contributed by atoms with Crippen LogP contribution in [0, 0.1) is 11.8 Å². The smallest absolute Gasteiger partial charge is 0.114 e. The lowest BCUT2D eigenvalue weighted by Gasteiger charge is -2.32. The normalized spacial score (nSPS) is 26.7. The zero-order valence-electron chi connectivity index (χ0n) is 14.2. The van der Waals surface area contributed by atoms with Gasteiger partial charge in [0.05, 0.1) is 5.69 Å². The van der Waals surface area contributed by atoms with Crippen molar-refractivity contribution in [2.24, 2.45) is 11.8 Å². The van der Waals surface area contributed by atoms with Crippen molar-refractivity contribution < 1.29 is 0 Å². The predicted octanol–water partition coefficient (Wildman–Crippen LogP) is 3.65. The van der Waals surface area contributed by atoms with Gasteiger partial charge in [-0.15, -0.1) is 0 Å². The van der Waals surface area contributed by atoms with Crippen molar-refractivity contribution >= 4 is 0 Å². The summed E-state index contributed by atoms with van der Waals surface area (Å²) in [5.41, 5.74) is 2.95. The summed E-state index contributed by atoms with van der Waals surface area (Å²) in [5.74, 6) is 3.01. The summed E-state index contributed by atoms with van der Waals surface area (Å²) in [6, 6.07) is 0. The third-order valence-electron chi connectivity index (χ3n) is 5.36. The molecular formula is C18H31N3. The van der Waals surface area contributed by atoms with Gasteiger partial charge in [0.1, 0.15) is 5.82 Å². The maximum Gasteiger partial charge on any atom is 0.114 e. The lowest BCUT2D eigenvalue weighted by Crippen LogP contribution is -2.29. The first-order valence-electron chi connectivity index (χ1n) is 8.76. The van der Waals surface area contributed by atoms with E-state index in [2.05, 4.69) is 37.6 Å².